The van der Waals surface area contributed by atoms with Crippen LogP contribution in [0.1, 0.15) is 17.3 Å². The van der Waals surface area contributed by atoms with E-state index in [0.29, 0.717) is 17.1 Å². The van der Waals surface area contributed by atoms with Gasteiger partial charge in [0.25, 0.3) is 11.8 Å². The molecule has 0 bridgehead atoms. The molecule has 0 aromatic heterocycles. The van der Waals surface area contributed by atoms with Crippen LogP contribution in [-0.4, -0.2) is 25.0 Å². The normalized spacial score (nSPS) is 11.3. The Morgan fingerprint density at radius 3 is 2.42 bits per heavy atom. The summed E-state index contributed by atoms with van der Waals surface area (Å²) in [5.74, 6) is -0.558. The summed E-state index contributed by atoms with van der Waals surface area (Å²) < 4.78 is 23.2. The second-order valence-electron chi connectivity index (χ2n) is 4.89. The van der Waals surface area contributed by atoms with Gasteiger partial charge in [-0.2, -0.15) is 0 Å². The molecule has 0 aliphatic rings. The highest BCUT2D eigenvalue weighted by Gasteiger charge is 2.16. The lowest BCUT2D eigenvalue weighted by Crippen LogP contribution is -2.47. The number of hydrazine groups is 1. The molecule has 24 heavy (non-hydrogen) atoms. The van der Waals surface area contributed by atoms with Crippen molar-refractivity contribution in [3.63, 3.8) is 0 Å². The smallest absolute Gasteiger partial charge is 0.279 e. The highest BCUT2D eigenvalue weighted by atomic mass is 19.1. The molecule has 0 saturated heterocycles. The van der Waals surface area contributed by atoms with Crippen molar-refractivity contribution in [3.05, 3.63) is 59.9 Å². The molecule has 2 amide bonds. The van der Waals surface area contributed by atoms with E-state index >= 15 is 0 Å². The maximum Gasteiger partial charge on any atom is 0.279 e. The molecule has 0 heterocycles. The second-order valence-corrected chi connectivity index (χ2v) is 4.89. The van der Waals surface area contributed by atoms with Crippen LogP contribution in [0.2, 0.25) is 0 Å². The monoisotopic (exact) mass is 332 g/mol. The van der Waals surface area contributed by atoms with E-state index in [1.54, 1.807) is 24.3 Å². The van der Waals surface area contributed by atoms with E-state index in [1.807, 2.05) is 0 Å². The molecule has 1 atom stereocenters. The molecule has 0 radical (unpaired) electrons. The quantitative estimate of drug-likeness (QED) is 0.822. The predicted molar refractivity (Wildman–Crippen MR) is 85.1 cm³/mol. The molecule has 0 spiro atoms. The molecular weight excluding hydrogens is 315 g/mol. The minimum absolute atomic E-state index is 0.335. The maximum absolute atomic E-state index is 12.8. The average molecular weight is 332 g/mol. The Bertz CT molecular complexity index is 719. The van der Waals surface area contributed by atoms with Gasteiger partial charge >= 0.3 is 0 Å². The standard InChI is InChI=1S/C17H17FN2O4/c1-11(24-14-8-6-13(18)7-9-14)16(21)19-20-17(22)12-4-3-5-15(10-12)23-2/h3-11H,1-2H3,(H,19,21)(H,20,22). The molecule has 0 saturated carbocycles. The summed E-state index contributed by atoms with van der Waals surface area (Å²) in [4.78, 5) is 23.9. The van der Waals surface area contributed by atoms with Gasteiger partial charge in [-0.25, -0.2) is 4.39 Å². The highest BCUT2D eigenvalue weighted by molar-refractivity contribution is 5.96. The summed E-state index contributed by atoms with van der Waals surface area (Å²) in [6, 6.07) is 11.8. The lowest BCUT2D eigenvalue weighted by Gasteiger charge is -2.15. The second kappa shape index (κ2) is 7.96. The van der Waals surface area contributed by atoms with Crippen LogP contribution in [0.25, 0.3) is 0 Å². The molecule has 0 aliphatic heterocycles. The van der Waals surface area contributed by atoms with Crippen molar-refractivity contribution in [1.82, 2.24) is 10.9 Å². The Labute approximate surface area is 138 Å². The van der Waals surface area contributed by atoms with Crippen molar-refractivity contribution < 1.29 is 23.5 Å². The van der Waals surface area contributed by atoms with Crippen LogP contribution in [0.5, 0.6) is 11.5 Å². The minimum Gasteiger partial charge on any atom is -0.497 e. The van der Waals surface area contributed by atoms with E-state index in [4.69, 9.17) is 9.47 Å². The van der Waals surface area contributed by atoms with Crippen LogP contribution in [0, 0.1) is 5.82 Å². The summed E-state index contributed by atoms with van der Waals surface area (Å²) in [6.45, 7) is 1.51. The van der Waals surface area contributed by atoms with Gasteiger partial charge in [0.15, 0.2) is 6.10 Å². The lowest BCUT2D eigenvalue weighted by molar-refractivity contribution is -0.128. The summed E-state index contributed by atoms with van der Waals surface area (Å²) in [5.41, 5.74) is 4.90. The Balaban J connectivity index is 1.87. The lowest BCUT2D eigenvalue weighted by atomic mass is 10.2. The summed E-state index contributed by atoms with van der Waals surface area (Å²) >= 11 is 0. The van der Waals surface area contributed by atoms with Crippen LogP contribution in [0.15, 0.2) is 48.5 Å². The fraction of sp³-hybridized carbons (Fsp3) is 0.176. The fourth-order valence-corrected chi connectivity index (χ4v) is 1.83. The third-order valence-electron chi connectivity index (χ3n) is 3.13. The van der Waals surface area contributed by atoms with Gasteiger partial charge in [-0.3, -0.25) is 20.4 Å². The summed E-state index contributed by atoms with van der Waals surface area (Å²) in [5, 5.41) is 0. The van der Waals surface area contributed by atoms with Crippen molar-refractivity contribution >= 4 is 11.8 Å². The van der Waals surface area contributed by atoms with Crippen LogP contribution >= 0.6 is 0 Å². The van der Waals surface area contributed by atoms with Crippen molar-refractivity contribution in [2.24, 2.45) is 0 Å². The Kier molecular flexibility index (Phi) is 5.73. The summed E-state index contributed by atoms with van der Waals surface area (Å²) in [6.07, 6.45) is -0.874. The van der Waals surface area contributed by atoms with E-state index in [2.05, 4.69) is 10.9 Å². The third kappa shape index (κ3) is 4.70. The molecule has 1 unspecified atom stereocenters. The number of carbonyl (C=O) groups excluding carboxylic acids is 2. The van der Waals surface area contributed by atoms with E-state index in [9.17, 15) is 14.0 Å². The van der Waals surface area contributed by atoms with Crippen LogP contribution < -0.4 is 20.3 Å². The number of amides is 2. The maximum atomic E-state index is 12.8. The molecule has 2 aromatic carbocycles. The number of ether oxygens (including phenoxy) is 2. The van der Waals surface area contributed by atoms with Crippen molar-refractivity contribution in [2.45, 2.75) is 13.0 Å². The molecule has 2 rings (SSSR count). The minimum atomic E-state index is -0.874. The molecular formula is C17H17FN2O4. The number of benzene rings is 2. The Hall–Kier alpha value is -3.09. The molecule has 126 valence electrons. The van der Waals surface area contributed by atoms with Gasteiger partial charge in [-0.1, -0.05) is 6.07 Å². The molecule has 0 aliphatic carbocycles. The van der Waals surface area contributed by atoms with E-state index in [0.717, 1.165) is 0 Å². The molecule has 2 N–H and O–H groups in total. The number of hydrogen-bond acceptors (Lipinski definition) is 4. The van der Waals surface area contributed by atoms with Crippen LogP contribution in [0.3, 0.4) is 0 Å². The van der Waals surface area contributed by atoms with E-state index < -0.39 is 23.7 Å². The van der Waals surface area contributed by atoms with Crippen molar-refractivity contribution in [1.29, 1.82) is 0 Å². The number of halogens is 1. The largest absolute Gasteiger partial charge is 0.497 e. The number of nitrogens with one attached hydrogen (secondary N) is 2. The SMILES string of the molecule is COc1cccc(C(=O)NNC(=O)C(C)Oc2ccc(F)cc2)c1. The first kappa shape index (κ1) is 17.3. The summed E-state index contributed by atoms with van der Waals surface area (Å²) in [7, 11) is 1.49. The number of hydrogen-bond donors (Lipinski definition) is 2. The predicted octanol–water partition coefficient (Wildman–Crippen LogP) is 2.06. The molecule has 2 aromatic rings. The van der Waals surface area contributed by atoms with Crippen LogP contribution in [-0.2, 0) is 4.79 Å². The molecule has 6 nitrogen and oxygen atoms in total. The van der Waals surface area contributed by atoms with Crippen LogP contribution in [0.4, 0.5) is 4.39 Å². The zero-order chi connectivity index (χ0) is 17.5. The van der Waals surface area contributed by atoms with Gasteiger partial charge in [0.05, 0.1) is 7.11 Å². The Morgan fingerprint density at radius 1 is 1.04 bits per heavy atom. The van der Waals surface area contributed by atoms with Gasteiger partial charge < -0.3 is 9.47 Å². The Morgan fingerprint density at radius 2 is 1.75 bits per heavy atom. The topological polar surface area (TPSA) is 76.7 Å². The zero-order valence-electron chi connectivity index (χ0n) is 13.2. The first-order valence-electron chi connectivity index (χ1n) is 7.16. The van der Waals surface area contributed by atoms with Gasteiger partial charge in [0.1, 0.15) is 17.3 Å². The van der Waals surface area contributed by atoms with Crippen molar-refractivity contribution in [2.75, 3.05) is 7.11 Å². The van der Waals surface area contributed by atoms with Gasteiger partial charge in [-0.05, 0) is 49.4 Å². The number of methoxy groups -OCH3 is 1. The third-order valence-corrected chi connectivity index (χ3v) is 3.13. The van der Waals surface area contributed by atoms with Gasteiger partial charge in [-0.15, -0.1) is 0 Å². The first-order valence-corrected chi connectivity index (χ1v) is 7.16. The number of rotatable bonds is 5. The molecule has 7 heteroatoms. The van der Waals surface area contributed by atoms with Gasteiger partial charge in [0, 0.05) is 5.56 Å². The highest BCUT2D eigenvalue weighted by Crippen LogP contribution is 2.13. The number of carbonyl (C=O) groups is 2. The van der Waals surface area contributed by atoms with E-state index in [1.165, 1.54) is 38.3 Å². The van der Waals surface area contributed by atoms with E-state index in [-0.39, 0.29) is 0 Å². The molecule has 0 fully saturated rings. The fourth-order valence-electron chi connectivity index (χ4n) is 1.83. The van der Waals surface area contributed by atoms with Gasteiger partial charge in [0.2, 0.25) is 0 Å². The zero-order valence-corrected chi connectivity index (χ0v) is 13.2. The average Bonchev–Trinajstić information content (AvgIpc) is 2.61. The first-order chi connectivity index (χ1) is 11.5. The van der Waals surface area contributed by atoms with Crippen molar-refractivity contribution in [3.8, 4) is 11.5 Å².